The first-order valence-electron chi connectivity index (χ1n) is 6.91. The van der Waals surface area contributed by atoms with E-state index in [0.717, 1.165) is 18.5 Å². The van der Waals surface area contributed by atoms with E-state index in [1.165, 1.54) is 16.2 Å². The molecule has 1 fully saturated rings. The number of thioether (sulfide) groups is 1. The van der Waals surface area contributed by atoms with Gasteiger partial charge in [0, 0.05) is 24.1 Å². The van der Waals surface area contributed by atoms with Gasteiger partial charge >= 0.3 is 12.0 Å². The van der Waals surface area contributed by atoms with Crippen molar-refractivity contribution in [1.82, 2.24) is 15.2 Å². The van der Waals surface area contributed by atoms with E-state index >= 15 is 0 Å². The molecule has 1 aromatic rings. The Kier molecular flexibility index (Phi) is 5.86. The van der Waals surface area contributed by atoms with Crippen LogP contribution in [0.25, 0.3) is 0 Å². The average Bonchev–Trinajstić information content (AvgIpc) is 3.08. The fourth-order valence-corrected chi connectivity index (χ4v) is 4.35. The molecular formula is C13H19N3O3S2. The molecule has 8 heteroatoms. The smallest absolute Gasteiger partial charge is 0.327 e. The minimum atomic E-state index is -0.934. The third-order valence-electron chi connectivity index (χ3n) is 3.29. The number of carbonyl (C=O) groups excluding carboxylic acids is 1. The first-order chi connectivity index (χ1) is 10.1. The SMILES string of the molecule is CCCC1SCC(C(=O)O)N1C(=O)NCCc1cscn1. The minimum absolute atomic E-state index is 0.0460. The van der Waals surface area contributed by atoms with Gasteiger partial charge in [-0.25, -0.2) is 14.6 Å². The molecule has 2 unspecified atom stereocenters. The second-order valence-electron chi connectivity index (χ2n) is 4.80. The van der Waals surface area contributed by atoms with Crippen molar-refractivity contribution in [2.75, 3.05) is 12.3 Å². The maximum atomic E-state index is 12.3. The third-order valence-corrected chi connectivity index (χ3v) is 5.28. The first-order valence-corrected chi connectivity index (χ1v) is 8.90. The van der Waals surface area contributed by atoms with Crippen molar-refractivity contribution in [1.29, 1.82) is 0 Å². The molecular weight excluding hydrogens is 310 g/mol. The Balaban J connectivity index is 1.91. The number of urea groups is 1. The minimum Gasteiger partial charge on any atom is -0.480 e. The molecule has 1 aromatic heterocycles. The lowest BCUT2D eigenvalue weighted by Crippen LogP contribution is -2.50. The number of nitrogens with one attached hydrogen (secondary N) is 1. The molecule has 0 saturated carbocycles. The third kappa shape index (κ3) is 4.10. The van der Waals surface area contributed by atoms with Crippen LogP contribution in [-0.4, -0.2) is 50.7 Å². The van der Waals surface area contributed by atoms with Gasteiger partial charge in [0.1, 0.15) is 6.04 Å². The quantitative estimate of drug-likeness (QED) is 0.834. The lowest BCUT2D eigenvalue weighted by atomic mass is 10.2. The van der Waals surface area contributed by atoms with Crippen molar-refractivity contribution in [2.24, 2.45) is 0 Å². The van der Waals surface area contributed by atoms with E-state index in [9.17, 15) is 14.7 Å². The predicted octanol–water partition coefficient (Wildman–Crippen LogP) is 2.02. The van der Waals surface area contributed by atoms with Crippen molar-refractivity contribution >= 4 is 35.1 Å². The largest absolute Gasteiger partial charge is 0.480 e. The Morgan fingerprint density at radius 2 is 2.38 bits per heavy atom. The summed E-state index contributed by atoms with van der Waals surface area (Å²) >= 11 is 3.06. The summed E-state index contributed by atoms with van der Waals surface area (Å²) in [6.45, 7) is 2.50. The topological polar surface area (TPSA) is 82.5 Å². The number of aromatic nitrogens is 1. The van der Waals surface area contributed by atoms with Crippen molar-refractivity contribution in [3.05, 3.63) is 16.6 Å². The Bertz CT molecular complexity index is 481. The summed E-state index contributed by atoms with van der Waals surface area (Å²) in [7, 11) is 0. The molecule has 1 saturated heterocycles. The number of carboxylic acid groups (broad SMARTS) is 1. The molecule has 2 amide bonds. The number of hydrogen-bond donors (Lipinski definition) is 2. The second-order valence-corrected chi connectivity index (χ2v) is 6.73. The lowest BCUT2D eigenvalue weighted by Gasteiger charge is -2.27. The first kappa shape index (κ1) is 16.1. The molecule has 0 radical (unpaired) electrons. The molecule has 21 heavy (non-hydrogen) atoms. The molecule has 2 atom stereocenters. The zero-order valence-corrected chi connectivity index (χ0v) is 13.5. The number of rotatable bonds is 6. The van der Waals surface area contributed by atoms with Crippen LogP contribution < -0.4 is 5.32 Å². The van der Waals surface area contributed by atoms with Crippen LogP contribution in [0.15, 0.2) is 10.9 Å². The Morgan fingerprint density at radius 3 is 3.00 bits per heavy atom. The monoisotopic (exact) mass is 329 g/mol. The summed E-state index contributed by atoms with van der Waals surface area (Å²) in [6.07, 6.45) is 2.40. The van der Waals surface area contributed by atoms with Crippen LogP contribution in [-0.2, 0) is 11.2 Å². The highest BCUT2D eigenvalue weighted by Gasteiger charge is 2.41. The van der Waals surface area contributed by atoms with Crippen molar-refractivity contribution in [3.8, 4) is 0 Å². The number of thiazole rings is 1. The van der Waals surface area contributed by atoms with Gasteiger partial charge in [-0.3, -0.25) is 4.90 Å². The molecule has 2 N–H and O–H groups in total. The van der Waals surface area contributed by atoms with Crippen LogP contribution in [0.2, 0.25) is 0 Å². The molecule has 0 aromatic carbocycles. The van der Waals surface area contributed by atoms with Gasteiger partial charge < -0.3 is 10.4 Å². The van der Waals surface area contributed by atoms with Gasteiger partial charge in [-0.2, -0.15) is 0 Å². The maximum Gasteiger partial charge on any atom is 0.327 e. The van der Waals surface area contributed by atoms with Crippen LogP contribution in [0.4, 0.5) is 4.79 Å². The summed E-state index contributed by atoms with van der Waals surface area (Å²) in [6, 6.07) is -1.02. The molecule has 116 valence electrons. The van der Waals surface area contributed by atoms with Gasteiger partial charge in [-0.1, -0.05) is 13.3 Å². The van der Waals surface area contributed by atoms with Crippen LogP contribution in [0.3, 0.4) is 0 Å². The highest BCUT2D eigenvalue weighted by atomic mass is 32.2. The molecule has 6 nitrogen and oxygen atoms in total. The number of hydrogen-bond acceptors (Lipinski definition) is 5. The number of carbonyl (C=O) groups is 2. The van der Waals surface area contributed by atoms with E-state index in [0.29, 0.717) is 18.7 Å². The van der Waals surface area contributed by atoms with Gasteiger partial charge in [-0.15, -0.1) is 23.1 Å². The predicted molar refractivity (Wildman–Crippen MR) is 83.6 cm³/mol. The summed E-state index contributed by atoms with van der Waals surface area (Å²) in [5.41, 5.74) is 2.70. The highest BCUT2D eigenvalue weighted by molar-refractivity contribution is 8.00. The molecule has 2 heterocycles. The van der Waals surface area contributed by atoms with Crippen LogP contribution >= 0.6 is 23.1 Å². The maximum absolute atomic E-state index is 12.3. The summed E-state index contributed by atoms with van der Waals surface area (Å²) in [5.74, 6) is -0.477. The molecule has 2 rings (SSSR count). The Labute approximate surface area is 131 Å². The molecule has 0 bridgehead atoms. The summed E-state index contributed by atoms with van der Waals surface area (Å²) in [4.78, 5) is 29.2. The van der Waals surface area contributed by atoms with E-state index in [2.05, 4.69) is 10.3 Å². The summed E-state index contributed by atoms with van der Waals surface area (Å²) in [5, 5.41) is 14.0. The van der Waals surface area contributed by atoms with Gasteiger partial charge in [0.2, 0.25) is 0 Å². The standard InChI is InChI=1S/C13H19N3O3S2/c1-2-3-11-16(10(7-21-11)12(17)18)13(19)14-5-4-9-6-20-8-15-9/h6,8,10-11H,2-5,7H2,1H3,(H,14,19)(H,17,18). The van der Waals surface area contributed by atoms with E-state index in [1.54, 1.807) is 17.3 Å². The van der Waals surface area contributed by atoms with Crippen molar-refractivity contribution < 1.29 is 14.7 Å². The number of amides is 2. The fourth-order valence-electron chi connectivity index (χ4n) is 2.25. The van der Waals surface area contributed by atoms with Crippen LogP contribution in [0.5, 0.6) is 0 Å². The Morgan fingerprint density at radius 1 is 1.57 bits per heavy atom. The highest BCUT2D eigenvalue weighted by Crippen LogP contribution is 2.32. The summed E-state index contributed by atoms with van der Waals surface area (Å²) < 4.78 is 0. The normalized spacial score (nSPS) is 21.5. The van der Waals surface area contributed by atoms with Crippen LogP contribution in [0.1, 0.15) is 25.5 Å². The second kappa shape index (κ2) is 7.65. The van der Waals surface area contributed by atoms with Crippen molar-refractivity contribution in [3.63, 3.8) is 0 Å². The van der Waals surface area contributed by atoms with Gasteiger partial charge in [0.05, 0.1) is 16.6 Å². The number of aliphatic carboxylic acids is 1. The van der Waals surface area contributed by atoms with E-state index < -0.39 is 12.0 Å². The Hall–Kier alpha value is -1.28. The van der Waals surface area contributed by atoms with Crippen LogP contribution in [0, 0.1) is 0 Å². The van der Waals surface area contributed by atoms with Crippen molar-refractivity contribution in [2.45, 2.75) is 37.6 Å². The van der Waals surface area contributed by atoms with Gasteiger partial charge in [-0.05, 0) is 6.42 Å². The number of carboxylic acids is 1. The van der Waals surface area contributed by atoms with E-state index in [1.807, 2.05) is 12.3 Å². The zero-order valence-electron chi connectivity index (χ0n) is 11.8. The fraction of sp³-hybridized carbons (Fsp3) is 0.615. The molecule has 0 spiro atoms. The zero-order chi connectivity index (χ0) is 15.2. The van der Waals surface area contributed by atoms with Gasteiger partial charge in [0.25, 0.3) is 0 Å². The lowest BCUT2D eigenvalue weighted by molar-refractivity contribution is -0.141. The average molecular weight is 329 g/mol. The van der Waals surface area contributed by atoms with E-state index in [4.69, 9.17) is 0 Å². The number of nitrogens with zero attached hydrogens (tertiary/aromatic N) is 2. The van der Waals surface area contributed by atoms with E-state index in [-0.39, 0.29) is 11.4 Å². The molecule has 0 aliphatic carbocycles. The van der Waals surface area contributed by atoms with Gasteiger partial charge in [0.15, 0.2) is 0 Å². The molecule has 1 aliphatic heterocycles. The molecule has 1 aliphatic rings.